The number of hydrogen-bond acceptors (Lipinski definition) is 4. The van der Waals surface area contributed by atoms with E-state index in [-0.39, 0.29) is 18.1 Å². The van der Waals surface area contributed by atoms with E-state index in [0.29, 0.717) is 6.42 Å². The maximum atomic E-state index is 11.8. The number of hydrazine groups is 1. The summed E-state index contributed by atoms with van der Waals surface area (Å²) in [5.74, 6) is -2.69. The molecule has 0 aromatic carbocycles. The van der Waals surface area contributed by atoms with Gasteiger partial charge in [0.15, 0.2) is 5.76 Å². The molecule has 1 aromatic heterocycles. The van der Waals surface area contributed by atoms with Crippen LogP contribution in [0.15, 0.2) is 22.8 Å². The number of aliphatic carboxylic acids is 1. The first-order valence-corrected chi connectivity index (χ1v) is 7.31. The van der Waals surface area contributed by atoms with Crippen molar-refractivity contribution in [1.29, 1.82) is 0 Å². The van der Waals surface area contributed by atoms with E-state index in [4.69, 9.17) is 4.42 Å². The number of rotatable bonds is 8. The highest BCUT2D eigenvalue weighted by atomic mass is 16.4. The van der Waals surface area contributed by atoms with Gasteiger partial charge in [-0.1, -0.05) is 26.7 Å². The van der Waals surface area contributed by atoms with E-state index >= 15 is 0 Å². The van der Waals surface area contributed by atoms with Crippen molar-refractivity contribution in [1.82, 2.24) is 10.9 Å². The van der Waals surface area contributed by atoms with Crippen LogP contribution in [0.4, 0.5) is 0 Å². The first kappa shape index (κ1) is 17.7. The molecule has 7 heteroatoms. The van der Waals surface area contributed by atoms with Gasteiger partial charge >= 0.3 is 11.9 Å². The van der Waals surface area contributed by atoms with E-state index < -0.39 is 23.7 Å². The second-order valence-corrected chi connectivity index (χ2v) is 5.25. The number of carbonyl (C=O) groups excluding carboxylic acids is 2. The first-order valence-electron chi connectivity index (χ1n) is 7.31. The van der Waals surface area contributed by atoms with Gasteiger partial charge in [0.2, 0.25) is 5.91 Å². The molecule has 0 spiro atoms. The Bertz CT molecular complexity index is 498. The fourth-order valence-electron chi connectivity index (χ4n) is 2.16. The number of nitrogens with one attached hydrogen (secondary N) is 2. The second-order valence-electron chi connectivity index (χ2n) is 5.25. The zero-order valence-corrected chi connectivity index (χ0v) is 12.8. The third-order valence-electron chi connectivity index (χ3n) is 3.44. The Morgan fingerprint density at radius 2 is 2.05 bits per heavy atom. The van der Waals surface area contributed by atoms with Crippen molar-refractivity contribution in [3.63, 3.8) is 0 Å². The lowest BCUT2D eigenvalue weighted by molar-refractivity contribution is -0.144. The third kappa shape index (κ3) is 5.59. The molecule has 7 nitrogen and oxygen atoms in total. The molecule has 0 fully saturated rings. The Kier molecular flexibility index (Phi) is 7.15. The molecule has 0 saturated heterocycles. The predicted molar refractivity (Wildman–Crippen MR) is 78.7 cm³/mol. The van der Waals surface area contributed by atoms with Gasteiger partial charge in [0.1, 0.15) is 0 Å². The molecule has 0 bridgehead atoms. The monoisotopic (exact) mass is 310 g/mol. The number of carbonyl (C=O) groups is 3. The van der Waals surface area contributed by atoms with Crippen LogP contribution in [0.2, 0.25) is 0 Å². The Morgan fingerprint density at radius 3 is 2.59 bits per heavy atom. The van der Waals surface area contributed by atoms with Crippen LogP contribution >= 0.6 is 0 Å². The van der Waals surface area contributed by atoms with E-state index in [0.717, 1.165) is 12.8 Å². The second kappa shape index (κ2) is 8.86. The Morgan fingerprint density at radius 1 is 1.32 bits per heavy atom. The van der Waals surface area contributed by atoms with Crippen LogP contribution in [0.1, 0.15) is 50.1 Å². The maximum absolute atomic E-state index is 11.8. The summed E-state index contributed by atoms with van der Waals surface area (Å²) in [5, 5.41) is 9.21. The van der Waals surface area contributed by atoms with Gasteiger partial charge in [0.05, 0.1) is 12.2 Å². The smallest absolute Gasteiger partial charge is 0.306 e. The molecule has 2 atom stereocenters. The van der Waals surface area contributed by atoms with Crippen molar-refractivity contribution in [3.8, 4) is 0 Å². The third-order valence-corrected chi connectivity index (χ3v) is 3.44. The van der Waals surface area contributed by atoms with Crippen molar-refractivity contribution in [2.24, 2.45) is 11.8 Å². The predicted octanol–water partition coefficient (Wildman–Crippen LogP) is 1.96. The molecular formula is C15H22N2O5. The van der Waals surface area contributed by atoms with E-state index in [1.54, 1.807) is 13.0 Å². The summed E-state index contributed by atoms with van der Waals surface area (Å²) in [4.78, 5) is 34.6. The lowest BCUT2D eigenvalue weighted by Gasteiger charge is -2.19. The van der Waals surface area contributed by atoms with Gasteiger partial charge in [-0.25, -0.2) is 0 Å². The largest absolute Gasteiger partial charge is 0.481 e. The highest BCUT2D eigenvalue weighted by molar-refractivity contribution is 5.92. The van der Waals surface area contributed by atoms with E-state index in [1.165, 1.54) is 12.3 Å². The molecule has 122 valence electrons. The fraction of sp³-hybridized carbons (Fsp3) is 0.533. The molecule has 0 radical (unpaired) electrons. The molecule has 0 aliphatic carbocycles. The molecule has 0 saturated carbocycles. The van der Waals surface area contributed by atoms with Gasteiger partial charge in [0, 0.05) is 6.42 Å². The van der Waals surface area contributed by atoms with Crippen molar-refractivity contribution >= 4 is 17.8 Å². The number of carboxylic acid groups (broad SMARTS) is 1. The van der Waals surface area contributed by atoms with Crippen LogP contribution in [-0.2, 0) is 9.59 Å². The van der Waals surface area contributed by atoms with Crippen LogP contribution in [-0.4, -0.2) is 22.9 Å². The number of furan rings is 1. The lowest BCUT2D eigenvalue weighted by atomic mass is 9.87. The number of hydrogen-bond donors (Lipinski definition) is 3. The average molecular weight is 310 g/mol. The highest BCUT2D eigenvalue weighted by Crippen LogP contribution is 2.21. The summed E-state index contributed by atoms with van der Waals surface area (Å²) in [7, 11) is 0. The quantitative estimate of drug-likeness (QED) is 0.636. The molecule has 0 aliphatic rings. The molecule has 0 unspecified atom stereocenters. The van der Waals surface area contributed by atoms with Gasteiger partial charge in [-0.3, -0.25) is 25.2 Å². The Balaban J connectivity index is 2.42. The molecule has 1 rings (SSSR count). The summed E-state index contributed by atoms with van der Waals surface area (Å²) in [5.41, 5.74) is 4.48. The topological polar surface area (TPSA) is 109 Å². The average Bonchev–Trinajstić information content (AvgIpc) is 2.99. The van der Waals surface area contributed by atoms with Crippen LogP contribution < -0.4 is 10.9 Å². The van der Waals surface area contributed by atoms with E-state index in [1.807, 2.05) is 6.92 Å². The highest BCUT2D eigenvalue weighted by Gasteiger charge is 2.26. The zero-order valence-electron chi connectivity index (χ0n) is 12.8. The van der Waals surface area contributed by atoms with Gasteiger partial charge in [0.25, 0.3) is 0 Å². The minimum Gasteiger partial charge on any atom is -0.481 e. The standard InChI is InChI=1S/C15H22N2O5/c1-3-4-6-11(15(20)21)10(2)9-13(18)16-17-14(19)12-7-5-8-22-12/h5,7-8,10-11H,3-4,6,9H2,1-2H3,(H,16,18)(H,17,19)(H,20,21)/t10-,11+/m1/s1. The zero-order chi connectivity index (χ0) is 16.5. The van der Waals surface area contributed by atoms with Crippen molar-refractivity contribution in [2.75, 3.05) is 0 Å². The molecule has 22 heavy (non-hydrogen) atoms. The molecule has 0 aliphatic heterocycles. The summed E-state index contributed by atoms with van der Waals surface area (Å²) in [6.45, 7) is 3.71. The summed E-state index contributed by atoms with van der Waals surface area (Å²) >= 11 is 0. The molecule has 1 heterocycles. The molecular weight excluding hydrogens is 288 g/mol. The Hall–Kier alpha value is -2.31. The molecule has 1 aromatic rings. The number of amides is 2. The summed E-state index contributed by atoms with van der Waals surface area (Å²) < 4.78 is 4.88. The minimum absolute atomic E-state index is 0.0269. The first-order chi connectivity index (χ1) is 10.5. The fourth-order valence-corrected chi connectivity index (χ4v) is 2.16. The Labute approximate surface area is 129 Å². The van der Waals surface area contributed by atoms with Crippen LogP contribution in [0.3, 0.4) is 0 Å². The summed E-state index contributed by atoms with van der Waals surface area (Å²) in [6, 6.07) is 3.03. The number of carboxylic acids is 1. The maximum Gasteiger partial charge on any atom is 0.306 e. The van der Waals surface area contributed by atoms with Crippen LogP contribution in [0.25, 0.3) is 0 Å². The summed E-state index contributed by atoms with van der Waals surface area (Å²) in [6.07, 6.45) is 3.63. The number of unbranched alkanes of at least 4 members (excludes halogenated alkanes) is 1. The van der Waals surface area contributed by atoms with Crippen molar-refractivity contribution in [2.45, 2.75) is 39.5 Å². The van der Waals surface area contributed by atoms with Gasteiger partial charge in [-0.15, -0.1) is 0 Å². The van der Waals surface area contributed by atoms with E-state index in [9.17, 15) is 19.5 Å². The minimum atomic E-state index is -0.895. The van der Waals surface area contributed by atoms with Crippen LogP contribution in [0.5, 0.6) is 0 Å². The molecule has 2 amide bonds. The SMILES string of the molecule is CCCC[C@H](C(=O)O)[C@H](C)CC(=O)NNC(=O)c1ccco1. The van der Waals surface area contributed by atoms with Crippen molar-refractivity contribution < 1.29 is 23.9 Å². The van der Waals surface area contributed by atoms with Gasteiger partial charge in [-0.05, 0) is 24.5 Å². The molecule has 3 N–H and O–H groups in total. The van der Waals surface area contributed by atoms with E-state index in [2.05, 4.69) is 10.9 Å². The van der Waals surface area contributed by atoms with Crippen LogP contribution in [0, 0.1) is 11.8 Å². The normalized spacial score (nSPS) is 13.2. The van der Waals surface area contributed by atoms with Crippen molar-refractivity contribution in [3.05, 3.63) is 24.2 Å². The van der Waals surface area contributed by atoms with Gasteiger partial charge < -0.3 is 9.52 Å². The lowest BCUT2D eigenvalue weighted by Crippen LogP contribution is -2.42. The van der Waals surface area contributed by atoms with Gasteiger partial charge in [-0.2, -0.15) is 0 Å².